The zero-order chi connectivity index (χ0) is 13.0. The molecule has 0 aromatic rings. The van der Waals surface area contributed by atoms with E-state index in [0.29, 0.717) is 38.5 Å². The van der Waals surface area contributed by atoms with Crippen molar-refractivity contribution >= 4 is 5.91 Å². The van der Waals surface area contributed by atoms with Gasteiger partial charge in [-0.05, 0) is 25.3 Å². The molecule has 0 radical (unpaired) electrons. The summed E-state index contributed by atoms with van der Waals surface area (Å²) < 4.78 is 5.22. The van der Waals surface area contributed by atoms with Crippen molar-refractivity contribution in [3.8, 4) is 0 Å². The second-order valence-corrected chi connectivity index (χ2v) is 5.69. The summed E-state index contributed by atoms with van der Waals surface area (Å²) in [6.07, 6.45) is 3.21. The molecule has 0 aromatic heterocycles. The van der Waals surface area contributed by atoms with Crippen molar-refractivity contribution in [2.24, 2.45) is 5.92 Å². The molecule has 2 fully saturated rings. The Hall–Kier alpha value is -0.650. The van der Waals surface area contributed by atoms with E-state index in [1.165, 1.54) is 0 Å². The summed E-state index contributed by atoms with van der Waals surface area (Å²) in [4.78, 5) is 12.0. The van der Waals surface area contributed by atoms with Crippen molar-refractivity contribution in [1.29, 1.82) is 0 Å². The Labute approximate surface area is 108 Å². The number of rotatable bonds is 3. The molecule has 5 heteroatoms. The van der Waals surface area contributed by atoms with Crippen LogP contribution in [0.5, 0.6) is 0 Å². The number of carbonyl (C=O) groups is 1. The number of amides is 1. The van der Waals surface area contributed by atoms with Gasteiger partial charge in [0, 0.05) is 32.6 Å². The fourth-order valence-electron chi connectivity index (χ4n) is 2.61. The van der Waals surface area contributed by atoms with Crippen molar-refractivity contribution < 1.29 is 14.6 Å². The number of hydrogen-bond donors (Lipinski definition) is 3. The summed E-state index contributed by atoms with van der Waals surface area (Å²) >= 11 is 0. The van der Waals surface area contributed by atoms with Gasteiger partial charge in [-0.2, -0.15) is 0 Å². The summed E-state index contributed by atoms with van der Waals surface area (Å²) in [5, 5.41) is 16.4. The largest absolute Gasteiger partial charge is 0.388 e. The first-order valence-corrected chi connectivity index (χ1v) is 6.90. The van der Waals surface area contributed by atoms with Crippen LogP contribution < -0.4 is 10.6 Å². The zero-order valence-corrected chi connectivity index (χ0v) is 11.1. The summed E-state index contributed by atoms with van der Waals surface area (Å²) in [7, 11) is 0. The number of carbonyl (C=O) groups excluding carboxylic acids is 1. The third-order valence-electron chi connectivity index (χ3n) is 4.00. The summed E-state index contributed by atoms with van der Waals surface area (Å²) in [6.45, 7) is 4.56. The molecule has 2 rings (SSSR count). The summed E-state index contributed by atoms with van der Waals surface area (Å²) in [5.74, 6) is 0.606. The molecule has 2 aliphatic heterocycles. The number of nitrogens with one attached hydrogen (secondary N) is 2. The van der Waals surface area contributed by atoms with Crippen molar-refractivity contribution in [3.05, 3.63) is 0 Å². The highest BCUT2D eigenvalue weighted by Gasteiger charge is 2.31. The molecule has 2 unspecified atom stereocenters. The number of piperidine rings is 1. The van der Waals surface area contributed by atoms with Crippen LogP contribution in [0.3, 0.4) is 0 Å². The Morgan fingerprint density at radius 1 is 1.50 bits per heavy atom. The van der Waals surface area contributed by atoms with E-state index in [9.17, 15) is 9.90 Å². The van der Waals surface area contributed by atoms with Crippen LogP contribution in [-0.4, -0.2) is 49.0 Å². The maximum atomic E-state index is 12.0. The summed E-state index contributed by atoms with van der Waals surface area (Å²) in [5.41, 5.74) is -0.784. The van der Waals surface area contributed by atoms with Crippen molar-refractivity contribution in [1.82, 2.24) is 10.6 Å². The van der Waals surface area contributed by atoms with Gasteiger partial charge in [-0.3, -0.25) is 4.79 Å². The first-order chi connectivity index (χ1) is 8.59. The molecule has 18 heavy (non-hydrogen) atoms. The second kappa shape index (κ2) is 5.99. The van der Waals surface area contributed by atoms with Crippen LogP contribution in [0, 0.1) is 5.92 Å². The van der Waals surface area contributed by atoms with E-state index >= 15 is 0 Å². The zero-order valence-electron chi connectivity index (χ0n) is 11.1. The number of ether oxygens (including phenoxy) is 1. The highest BCUT2D eigenvalue weighted by molar-refractivity contribution is 5.81. The molecule has 2 saturated heterocycles. The molecule has 104 valence electrons. The first kappa shape index (κ1) is 13.8. The van der Waals surface area contributed by atoms with Crippen LogP contribution in [0.1, 0.15) is 32.6 Å². The Morgan fingerprint density at radius 2 is 2.22 bits per heavy atom. The predicted molar refractivity (Wildman–Crippen MR) is 68.2 cm³/mol. The Balaban J connectivity index is 1.76. The van der Waals surface area contributed by atoms with E-state index in [0.717, 1.165) is 19.4 Å². The van der Waals surface area contributed by atoms with Gasteiger partial charge >= 0.3 is 0 Å². The molecule has 2 atom stereocenters. The molecule has 0 spiro atoms. The van der Waals surface area contributed by atoms with Crippen molar-refractivity contribution in [3.63, 3.8) is 0 Å². The van der Waals surface area contributed by atoms with Gasteiger partial charge in [0.15, 0.2) is 0 Å². The molecule has 2 aliphatic rings. The smallest absolute Gasteiger partial charge is 0.237 e. The van der Waals surface area contributed by atoms with E-state index in [-0.39, 0.29) is 11.9 Å². The van der Waals surface area contributed by atoms with Gasteiger partial charge in [0.1, 0.15) is 0 Å². The van der Waals surface area contributed by atoms with Gasteiger partial charge in [-0.15, -0.1) is 0 Å². The third-order valence-corrected chi connectivity index (χ3v) is 4.00. The van der Waals surface area contributed by atoms with Crippen molar-refractivity contribution in [2.75, 3.05) is 26.3 Å². The van der Waals surface area contributed by atoms with Crippen LogP contribution >= 0.6 is 0 Å². The lowest BCUT2D eigenvalue weighted by Gasteiger charge is -2.33. The van der Waals surface area contributed by atoms with E-state index < -0.39 is 5.60 Å². The lowest BCUT2D eigenvalue weighted by Crippen LogP contribution is -2.53. The van der Waals surface area contributed by atoms with Crippen LogP contribution in [0.25, 0.3) is 0 Å². The number of aliphatic hydroxyl groups is 1. The van der Waals surface area contributed by atoms with E-state index in [1.54, 1.807) is 0 Å². The van der Waals surface area contributed by atoms with Crippen LogP contribution in [0.2, 0.25) is 0 Å². The van der Waals surface area contributed by atoms with E-state index in [4.69, 9.17) is 4.74 Å². The first-order valence-electron chi connectivity index (χ1n) is 6.90. The minimum Gasteiger partial charge on any atom is -0.388 e. The molecule has 0 aromatic carbocycles. The molecule has 5 nitrogen and oxygen atoms in total. The van der Waals surface area contributed by atoms with E-state index in [2.05, 4.69) is 17.6 Å². The van der Waals surface area contributed by atoms with Crippen LogP contribution in [-0.2, 0) is 9.53 Å². The topological polar surface area (TPSA) is 70.6 Å². The average molecular weight is 256 g/mol. The molecule has 0 bridgehead atoms. The average Bonchev–Trinajstić information content (AvgIpc) is 2.37. The highest BCUT2D eigenvalue weighted by atomic mass is 16.5. The van der Waals surface area contributed by atoms with Gasteiger partial charge < -0.3 is 20.5 Å². The standard InChI is InChI=1S/C13H24N2O3/c1-10-2-5-14-11(8-10)12(16)15-9-13(17)3-6-18-7-4-13/h10-11,14,17H,2-9H2,1H3,(H,15,16). The third kappa shape index (κ3) is 3.67. The lowest BCUT2D eigenvalue weighted by molar-refractivity contribution is -0.126. The molecule has 1 amide bonds. The Kier molecular flexibility index (Phi) is 4.59. The molecule has 0 aliphatic carbocycles. The van der Waals surface area contributed by atoms with E-state index in [1.807, 2.05) is 0 Å². The normalized spacial score (nSPS) is 31.9. The number of hydrogen-bond acceptors (Lipinski definition) is 4. The highest BCUT2D eigenvalue weighted by Crippen LogP contribution is 2.20. The quantitative estimate of drug-likeness (QED) is 0.666. The monoisotopic (exact) mass is 256 g/mol. The lowest BCUT2D eigenvalue weighted by atomic mass is 9.92. The van der Waals surface area contributed by atoms with Gasteiger partial charge in [-0.1, -0.05) is 6.92 Å². The summed E-state index contributed by atoms with van der Waals surface area (Å²) in [6, 6.07) is -0.0998. The second-order valence-electron chi connectivity index (χ2n) is 5.69. The SMILES string of the molecule is CC1CCNC(C(=O)NCC2(O)CCOCC2)C1. The molecule has 0 saturated carbocycles. The van der Waals surface area contributed by atoms with Crippen LogP contribution in [0.15, 0.2) is 0 Å². The predicted octanol–water partition coefficient (Wildman–Crippen LogP) is 0.0322. The fourth-order valence-corrected chi connectivity index (χ4v) is 2.61. The van der Waals surface area contributed by atoms with Gasteiger partial charge in [0.25, 0.3) is 0 Å². The van der Waals surface area contributed by atoms with Crippen LogP contribution in [0.4, 0.5) is 0 Å². The molecule has 3 N–H and O–H groups in total. The van der Waals surface area contributed by atoms with Gasteiger partial charge in [0.2, 0.25) is 5.91 Å². The molecular formula is C13H24N2O3. The maximum Gasteiger partial charge on any atom is 0.237 e. The minimum absolute atomic E-state index is 0.0152. The van der Waals surface area contributed by atoms with Crippen molar-refractivity contribution in [2.45, 2.75) is 44.2 Å². The Bertz CT molecular complexity index is 290. The minimum atomic E-state index is -0.784. The van der Waals surface area contributed by atoms with Gasteiger partial charge in [0.05, 0.1) is 11.6 Å². The Morgan fingerprint density at radius 3 is 2.89 bits per heavy atom. The molecular weight excluding hydrogens is 232 g/mol. The fraction of sp³-hybridized carbons (Fsp3) is 0.923. The molecule has 2 heterocycles. The van der Waals surface area contributed by atoms with Gasteiger partial charge in [-0.25, -0.2) is 0 Å². The maximum absolute atomic E-state index is 12.0.